The van der Waals surface area contributed by atoms with E-state index in [1.165, 1.54) is 73.4 Å². The Bertz CT molecular complexity index is 605. The summed E-state index contributed by atoms with van der Waals surface area (Å²) in [6, 6.07) is 0. The van der Waals surface area contributed by atoms with Crippen LogP contribution in [0.2, 0.25) is 0 Å². The van der Waals surface area contributed by atoms with Crippen LogP contribution >= 0.6 is 47.5 Å². The molecule has 11 heteroatoms. The fraction of sp³-hybridized carbons (Fsp3) is 1.00. The third-order valence-electron chi connectivity index (χ3n) is 10.6. The van der Waals surface area contributed by atoms with E-state index in [4.69, 9.17) is 0 Å². The molecular weight excluding hydrogens is 824 g/mol. The van der Waals surface area contributed by atoms with E-state index >= 15 is 0 Å². The summed E-state index contributed by atoms with van der Waals surface area (Å²) in [5, 5.41) is 0. The first kappa shape index (κ1) is 54.8. The monoisotopic (exact) mass is 910 g/mol. The molecule has 1 rings (SSSR count). The zero-order valence-electron chi connectivity index (χ0n) is 32.9. The molecule has 285 valence electrons. The van der Waals surface area contributed by atoms with E-state index in [2.05, 4.69) is 120 Å². The molecule has 1 aliphatic rings. The average Bonchev–Trinajstić information content (AvgIpc) is 3.87. The van der Waals surface area contributed by atoms with Crippen LogP contribution in [-0.2, 0) is 28.2 Å². The number of halogens is 3. The maximum absolute atomic E-state index is 4.33. The zero-order valence-corrected chi connectivity index (χ0v) is 43.6. The number of rotatable bonds is 24. The Morgan fingerprint density at radius 2 is 0.630 bits per heavy atom. The van der Waals surface area contributed by atoms with Gasteiger partial charge in [0.05, 0.1) is 121 Å². The van der Waals surface area contributed by atoms with E-state index in [9.17, 15) is 0 Å². The van der Waals surface area contributed by atoms with Gasteiger partial charge in [-0.2, -0.15) is 0 Å². The molecule has 1 fully saturated rings. The van der Waals surface area contributed by atoms with Crippen molar-refractivity contribution in [1.82, 2.24) is 0 Å². The van der Waals surface area contributed by atoms with Crippen molar-refractivity contribution in [1.29, 1.82) is 0 Å². The van der Waals surface area contributed by atoms with Crippen molar-refractivity contribution in [2.75, 3.05) is 105 Å². The number of hydrogen-bond acceptors (Lipinski definition) is 0. The summed E-state index contributed by atoms with van der Waals surface area (Å²) in [6.07, 6.45) is 29.3. The van der Waals surface area contributed by atoms with Crippen molar-refractivity contribution in [3.8, 4) is 0 Å². The molecule has 46 heavy (non-hydrogen) atoms. The van der Waals surface area contributed by atoms with Crippen LogP contribution in [0.4, 0.5) is 0 Å². The Morgan fingerprint density at radius 1 is 0.435 bits per heavy atom. The van der Waals surface area contributed by atoms with Gasteiger partial charge in [0.15, 0.2) is 0 Å². The van der Waals surface area contributed by atoms with E-state index in [-0.39, 0.29) is 64.6 Å². The van der Waals surface area contributed by atoms with Gasteiger partial charge in [0.2, 0.25) is 0 Å². The van der Waals surface area contributed by atoms with Gasteiger partial charge in [-0.3, -0.25) is 0 Å². The maximum Gasteiger partial charge on any atom is 0 e. The fourth-order valence-electron chi connectivity index (χ4n) is 7.49. The summed E-state index contributed by atoms with van der Waals surface area (Å²) in [5.41, 5.74) is 2.64. The van der Waals surface area contributed by atoms with Gasteiger partial charge in [0, 0.05) is 64.6 Å². The minimum Gasteiger partial charge on any atom is 0 e. The summed E-state index contributed by atoms with van der Waals surface area (Å²) >= 11 is -1.00. The van der Waals surface area contributed by atoms with E-state index in [0.717, 1.165) is 5.41 Å². The van der Waals surface area contributed by atoms with Gasteiger partial charge in [-0.15, -0.1) is 0 Å². The molecule has 1 atom stereocenters. The molecule has 0 nitrogen and oxygen atoms in total. The van der Waals surface area contributed by atoms with Gasteiger partial charge in [-0.05, 0) is 103 Å². The molecule has 1 aliphatic carbocycles. The van der Waals surface area contributed by atoms with Gasteiger partial charge >= 0.3 is 41.5 Å². The smallest absolute Gasteiger partial charge is 0 e. The molecule has 0 aromatic rings. The summed E-state index contributed by atoms with van der Waals surface area (Å²) in [5.74, 6) is 0. The summed E-state index contributed by atoms with van der Waals surface area (Å²) in [4.78, 5) is 0. The van der Waals surface area contributed by atoms with E-state index < -0.39 is 11.2 Å². The topological polar surface area (TPSA) is 0 Å². The first-order valence-corrected chi connectivity index (χ1v) is 36.5. The molecule has 0 N–H and O–H groups in total. The van der Waals surface area contributed by atoms with Gasteiger partial charge in [-0.25, -0.2) is 0 Å². The van der Waals surface area contributed by atoms with Crippen LogP contribution in [-0.4, -0.2) is 110 Å². The van der Waals surface area contributed by atoms with Crippen molar-refractivity contribution >= 4 is 47.5 Å². The Balaban J connectivity index is -0.000000706. The first-order valence-electron chi connectivity index (χ1n) is 18.9. The SMILES string of the molecule is CC[PH+](CC)CC(C)(C[PH+](CC)CC)C[PH+](CC)C1CC1.CC[PH+](CC)CC(C)(C[PH+](CC)CC)C[PH+](CC)CC.[ClH+][Fe]([ClH+])[ClH+].[Fe]. The second-order valence-electron chi connectivity index (χ2n) is 14.4. The van der Waals surface area contributed by atoms with Crippen molar-refractivity contribution in [2.24, 2.45) is 10.8 Å². The molecule has 0 spiro atoms. The molecule has 0 aromatic heterocycles. The Morgan fingerprint density at radius 3 is 0.783 bits per heavy atom. The van der Waals surface area contributed by atoms with Crippen LogP contribution in [0.5, 0.6) is 0 Å². The second kappa shape index (κ2) is 32.9. The fourth-order valence-corrected chi connectivity index (χ4v) is 24.7. The van der Waals surface area contributed by atoms with Crippen molar-refractivity contribution in [3.63, 3.8) is 0 Å². The van der Waals surface area contributed by atoms with Gasteiger partial charge < -0.3 is 0 Å². The summed E-state index contributed by atoms with van der Waals surface area (Å²) < 4.78 is 0. The molecule has 0 radical (unpaired) electrons. The standard InChI is InChI=1S/C18H39P3.C17H39P3.3ClH.2Fe/c1-7-19(8-2)14-18(6,15-20(9-3)10-4)16-21(11-5)17-12-13-17;1-8-18(9-2)14-17(7,15-19(10-3)11-4)16-20(12-5)13-6;;;;;/h17H,7-16H2,1-6H3;8-16H2,1-7H3;3*1H;;/q;;;;;;+3/p+6. The Labute approximate surface area is 327 Å². The van der Waals surface area contributed by atoms with Crippen molar-refractivity contribution in [3.05, 3.63) is 0 Å². The average molecular weight is 912 g/mol. The van der Waals surface area contributed by atoms with Crippen LogP contribution in [0.3, 0.4) is 0 Å². The molecule has 1 saturated carbocycles. The van der Waals surface area contributed by atoms with Crippen molar-refractivity contribution < 1.29 is 58.5 Å². The molecule has 0 aromatic carbocycles. The van der Waals surface area contributed by atoms with E-state index in [1.54, 1.807) is 49.8 Å². The predicted molar refractivity (Wildman–Crippen MR) is 228 cm³/mol. The van der Waals surface area contributed by atoms with Crippen LogP contribution in [0.25, 0.3) is 0 Å². The third-order valence-corrected chi connectivity index (χ3v) is 31.4. The Hall–Kier alpha value is 4.49. The number of hydrogen-bond donors (Lipinski definition) is 0. The minimum atomic E-state index is -1.00. The summed E-state index contributed by atoms with van der Waals surface area (Å²) in [7, 11) is 12.6. The third kappa shape index (κ3) is 27.1. The quantitative estimate of drug-likeness (QED) is 0.0669. The zero-order chi connectivity index (χ0) is 35.1. The van der Waals surface area contributed by atoms with Crippen LogP contribution in [0.15, 0.2) is 0 Å². The molecular formula is C35H87Cl3Fe2P6+9. The predicted octanol–water partition coefficient (Wildman–Crippen LogP) is 10.8. The van der Waals surface area contributed by atoms with Crippen molar-refractivity contribution in [2.45, 2.75) is 109 Å². The van der Waals surface area contributed by atoms with Gasteiger partial charge in [0.25, 0.3) is 0 Å². The van der Waals surface area contributed by atoms with Crippen LogP contribution in [0, 0.1) is 41.1 Å². The first-order chi connectivity index (χ1) is 21.2. The normalized spacial score (nSPS) is 14.7. The van der Waals surface area contributed by atoms with Crippen LogP contribution < -0.4 is 0 Å². The largest absolute Gasteiger partial charge is 0 e. The van der Waals surface area contributed by atoms with E-state index in [1.807, 2.05) is 0 Å². The molecule has 0 amide bonds. The van der Waals surface area contributed by atoms with Crippen LogP contribution in [0.1, 0.15) is 103 Å². The molecule has 0 aliphatic heterocycles. The minimum absolute atomic E-state index is 0. The summed E-state index contributed by atoms with van der Waals surface area (Å²) in [6.45, 7) is 32.3. The van der Waals surface area contributed by atoms with Gasteiger partial charge in [-0.1, -0.05) is 0 Å². The molecule has 0 heterocycles. The maximum atomic E-state index is 4.33. The molecule has 1 unspecified atom stereocenters. The van der Waals surface area contributed by atoms with Gasteiger partial charge in [0.1, 0.15) is 0 Å². The molecule has 0 bridgehead atoms. The van der Waals surface area contributed by atoms with E-state index in [0.29, 0.717) is 5.41 Å². The molecule has 0 saturated heterocycles. The second-order valence-corrected chi connectivity index (χ2v) is 40.3. The Kier molecular flexibility index (Phi) is 39.2.